The predicted molar refractivity (Wildman–Crippen MR) is 144 cm³/mol. The van der Waals surface area contributed by atoms with E-state index in [-0.39, 0.29) is 29.7 Å². The summed E-state index contributed by atoms with van der Waals surface area (Å²) in [6.45, 7) is 4.07. The van der Waals surface area contributed by atoms with Gasteiger partial charge in [-0.3, -0.25) is 19.3 Å². The van der Waals surface area contributed by atoms with Gasteiger partial charge in [0.2, 0.25) is 5.78 Å². The minimum absolute atomic E-state index is 0.0374. The number of aliphatic hydroxyl groups is 3. The van der Waals surface area contributed by atoms with Crippen molar-refractivity contribution in [3.05, 3.63) is 57.3 Å². The number of aromatic hydroxyl groups is 1. The number of carbonyl (C=O) groups excluding carboxylic acids is 3. The molecule has 2 saturated carbocycles. The first-order valence-electron chi connectivity index (χ1n) is 13.1. The van der Waals surface area contributed by atoms with Gasteiger partial charge in [0, 0.05) is 21.9 Å². The Balaban J connectivity index is 1.74. The van der Waals surface area contributed by atoms with Crippen LogP contribution in [0.15, 0.2) is 40.6 Å². The van der Waals surface area contributed by atoms with E-state index in [1.807, 2.05) is 0 Å². The molecular formula is C29H33ClN2O7. The Bertz CT molecular complexity index is 1390. The summed E-state index contributed by atoms with van der Waals surface area (Å²) in [5, 5.41) is 45.6. The van der Waals surface area contributed by atoms with Crippen LogP contribution in [0, 0.1) is 11.8 Å². The van der Waals surface area contributed by atoms with Crippen molar-refractivity contribution in [3.8, 4) is 5.75 Å². The number of Topliss-reactive ketones (excluding diaryl/α,β-unsaturated/α-hetero) is 2. The summed E-state index contributed by atoms with van der Waals surface area (Å²) in [6, 6.07) is 2.13. The molecule has 1 aromatic carbocycles. The first-order valence-corrected chi connectivity index (χ1v) is 13.5. The third kappa shape index (κ3) is 3.63. The molecule has 0 unspecified atom stereocenters. The van der Waals surface area contributed by atoms with Gasteiger partial charge in [0.25, 0.3) is 5.91 Å². The highest BCUT2D eigenvalue weighted by Crippen LogP contribution is 2.55. The molecule has 6 N–H and O–H groups in total. The zero-order valence-corrected chi connectivity index (χ0v) is 22.7. The summed E-state index contributed by atoms with van der Waals surface area (Å²) in [5.41, 5.74) is 2.69. The number of primary amides is 1. The van der Waals surface area contributed by atoms with Crippen LogP contribution in [0.5, 0.6) is 5.75 Å². The lowest BCUT2D eigenvalue weighted by Crippen LogP contribution is -2.65. The molecule has 0 saturated heterocycles. The van der Waals surface area contributed by atoms with Crippen molar-refractivity contribution in [2.45, 2.75) is 62.0 Å². The van der Waals surface area contributed by atoms with Gasteiger partial charge in [-0.25, -0.2) is 0 Å². The summed E-state index contributed by atoms with van der Waals surface area (Å²) in [6.07, 6.45) is 4.70. The van der Waals surface area contributed by atoms with Gasteiger partial charge in [0.1, 0.15) is 22.8 Å². The maximum absolute atomic E-state index is 14.0. The van der Waals surface area contributed by atoms with E-state index in [4.69, 9.17) is 17.3 Å². The smallest absolute Gasteiger partial charge is 0.255 e. The van der Waals surface area contributed by atoms with Crippen LogP contribution in [0.4, 0.5) is 0 Å². The molecule has 5 rings (SSSR count). The maximum Gasteiger partial charge on any atom is 0.255 e. The van der Waals surface area contributed by atoms with E-state index in [0.29, 0.717) is 10.6 Å². The van der Waals surface area contributed by atoms with Crippen LogP contribution >= 0.6 is 11.6 Å². The Morgan fingerprint density at radius 3 is 2.33 bits per heavy atom. The third-order valence-corrected chi connectivity index (χ3v) is 9.71. The van der Waals surface area contributed by atoms with Gasteiger partial charge < -0.3 is 26.2 Å². The number of nitrogens with zero attached hydrogens (tertiary/aromatic N) is 1. The summed E-state index contributed by atoms with van der Waals surface area (Å²) in [7, 11) is 3.14. The van der Waals surface area contributed by atoms with E-state index in [1.165, 1.54) is 11.0 Å². The highest BCUT2D eigenvalue weighted by molar-refractivity contribution is 6.30. The van der Waals surface area contributed by atoms with Crippen LogP contribution in [-0.2, 0) is 26.2 Å². The molecule has 0 bridgehead atoms. The van der Waals surface area contributed by atoms with Crippen LogP contribution in [-0.4, -0.2) is 68.5 Å². The molecule has 39 heavy (non-hydrogen) atoms. The molecule has 4 aliphatic carbocycles. The van der Waals surface area contributed by atoms with E-state index in [0.717, 1.165) is 37.7 Å². The lowest BCUT2D eigenvalue weighted by molar-refractivity contribution is -0.153. The van der Waals surface area contributed by atoms with Crippen molar-refractivity contribution in [1.29, 1.82) is 0 Å². The number of hydrogen-bond donors (Lipinski definition) is 5. The van der Waals surface area contributed by atoms with E-state index in [1.54, 1.807) is 20.2 Å². The van der Waals surface area contributed by atoms with Gasteiger partial charge in [0.05, 0.1) is 11.6 Å². The molecule has 9 nitrogen and oxygen atoms in total. The van der Waals surface area contributed by atoms with Gasteiger partial charge in [-0.15, -0.1) is 0 Å². The van der Waals surface area contributed by atoms with Crippen LogP contribution in [0.2, 0.25) is 0 Å². The average molecular weight is 557 g/mol. The van der Waals surface area contributed by atoms with Gasteiger partial charge in [0.15, 0.2) is 11.4 Å². The Labute approximate surface area is 231 Å². The Hall–Kier alpha value is -3.14. The number of fused-ring (bicyclic) bond motifs is 3. The number of carbonyl (C=O) groups is 3. The lowest BCUT2D eigenvalue weighted by atomic mass is 9.56. The maximum atomic E-state index is 14.0. The van der Waals surface area contributed by atoms with Crippen LogP contribution in [0.3, 0.4) is 0 Å². The Morgan fingerprint density at radius 1 is 1.13 bits per heavy atom. The predicted octanol–water partition coefficient (Wildman–Crippen LogP) is 2.92. The van der Waals surface area contributed by atoms with Crippen molar-refractivity contribution < 1.29 is 34.8 Å². The number of allylic oxidation sites excluding steroid dienone is 1. The molecule has 0 aliphatic heterocycles. The number of ketones is 2. The number of aliphatic hydroxyl groups excluding tert-OH is 2. The van der Waals surface area contributed by atoms with Crippen molar-refractivity contribution >= 4 is 34.8 Å². The summed E-state index contributed by atoms with van der Waals surface area (Å²) in [4.78, 5) is 40.9. The normalized spacial score (nSPS) is 30.1. The number of rotatable bonds is 4. The minimum Gasteiger partial charge on any atom is -0.508 e. The number of benzene rings is 1. The van der Waals surface area contributed by atoms with Crippen LogP contribution in [0.1, 0.15) is 55.2 Å². The van der Waals surface area contributed by atoms with E-state index < -0.39 is 63.5 Å². The van der Waals surface area contributed by atoms with E-state index >= 15 is 0 Å². The first kappa shape index (κ1) is 27.4. The highest BCUT2D eigenvalue weighted by atomic mass is 35.5. The number of amides is 1. The molecule has 1 amide bonds. The summed E-state index contributed by atoms with van der Waals surface area (Å²) in [5.74, 6) is -6.68. The summed E-state index contributed by atoms with van der Waals surface area (Å²) >= 11 is 6.63. The summed E-state index contributed by atoms with van der Waals surface area (Å²) < 4.78 is 0. The molecule has 10 heteroatoms. The van der Waals surface area contributed by atoms with Gasteiger partial charge in [-0.05, 0) is 62.9 Å². The highest BCUT2D eigenvalue weighted by Gasteiger charge is 2.64. The van der Waals surface area contributed by atoms with Gasteiger partial charge in [-0.1, -0.05) is 43.5 Å². The largest absolute Gasteiger partial charge is 0.508 e. The second-order valence-electron chi connectivity index (χ2n) is 11.5. The average Bonchev–Trinajstić information content (AvgIpc) is 2.86. The van der Waals surface area contributed by atoms with Crippen LogP contribution in [0.25, 0.3) is 5.76 Å². The number of phenolic OH excluding ortho intramolecular Hbond substituents is 1. The number of phenols is 1. The molecule has 0 radical (unpaired) electrons. The van der Waals surface area contributed by atoms with E-state index in [9.17, 15) is 34.8 Å². The number of halogens is 1. The molecule has 0 spiro atoms. The standard InChI is InChI=1S/C29H33ClN2O7/c1-13(30)28(9-5-4-6-10-28)16-7-8-18(33)20-15(16)11-14-12-17-22(32(2)3)24(35)21(27(31)38)26(37)29(17,39)25(36)19(14)23(20)34/h7-8,14,17,22,33-34,37,39H,1,4-6,9-12H2,2-3H3,(H2,31,38)/t14-,17-,22-,29-/m0/s1. The fourth-order valence-electron chi connectivity index (χ4n) is 7.53. The zero-order chi connectivity index (χ0) is 28.6. The fraction of sp³-hybridized carbons (Fsp3) is 0.483. The monoisotopic (exact) mass is 556 g/mol. The van der Waals surface area contributed by atoms with Crippen molar-refractivity contribution in [1.82, 2.24) is 4.90 Å². The molecule has 4 atom stereocenters. The molecule has 208 valence electrons. The Kier molecular flexibility index (Phi) is 6.48. The van der Waals surface area contributed by atoms with Crippen molar-refractivity contribution in [2.24, 2.45) is 17.6 Å². The van der Waals surface area contributed by atoms with Crippen molar-refractivity contribution in [3.63, 3.8) is 0 Å². The zero-order valence-electron chi connectivity index (χ0n) is 22.0. The minimum atomic E-state index is -2.66. The number of hydrogen-bond acceptors (Lipinski definition) is 8. The van der Waals surface area contributed by atoms with E-state index in [2.05, 4.69) is 6.58 Å². The molecule has 4 aliphatic rings. The number of nitrogens with two attached hydrogens (primary N) is 1. The second-order valence-corrected chi connectivity index (χ2v) is 12.0. The fourth-order valence-corrected chi connectivity index (χ4v) is 7.83. The molecule has 0 aromatic heterocycles. The van der Waals surface area contributed by atoms with Gasteiger partial charge >= 0.3 is 0 Å². The SMILES string of the molecule is C=C(Cl)C1(c2ccc(O)c3c2C[C@H]2C[C@H]4[C@H](N(C)C)C(=O)C(C(N)=O)=C(O)[C@@]4(O)C(=O)C2=C3O)CCCCC1. The van der Waals surface area contributed by atoms with Crippen LogP contribution < -0.4 is 5.73 Å². The molecule has 0 heterocycles. The first-order chi connectivity index (χ1) is 18.3. The van der Waals surface area contributed by atoms with Gasteiger partial charge in [-0.2, -0.15) is 0 Å². The van der Waals surface area contributed by atoms with Crippen molar-refractivity contribution in [2.75, 3.05) is 14.1 Å². The topological polar surface area (TPSA) is 161 Å². The quantitative estimate of drug-likeness (QED) is 0.354. The third-order valence-electron chi connectivity index (χ3n) is 9.35. The molecule has 2 fully saturated rings. The number of likely N-dealkylation sites (N-methyl/N-ethyl adjacent to an activating group) is 1. The second kappa shape index (κ2) is 9.21. The molecular weight excluding hydrogens is 524 g/mol. The lowest BCUT2D eigenvalue weighted by Gasteiger charge is -2.50. The molecule has 1 aromatic rings. The Morgan fingerprint density at radius 2 is 1.77 bits per heavy atom.